The number of hydrogen-bond donors (Lipinski definition) is 1. The number of sulfonamides is 1. The molecule has 2 rings (SSSR count). The van der Waals surface area contributed by atoms with E-state index < -0.39 is 10.0 Å². The summed E-state index contributed by atoms with van der Waals surface area (Å²) in [6.45, 7) is 2.46. The van der Waals surface area contributed by atoms with Gasteiger partial charge in [-0.3, -0.25) is 4.79 Å². The smallest absolute Gasteiger partial charge is 0.251 e. The summed E-state index contributed by atoms with van der Waals surface area (Å²) in [5.74, 6) is 0.132. The van der Waals surface area contributed by atoms with E-state index in [4.69, 9.17) is 9.47 Å². The monoisotopic (exact) mass is 356 g/mol. The lowest BCUT2D eigenvalue weighted by Crippen LogP contribution is -2.43. The van der Waals surface area contributed by atoms with Gasteiger partial charge in [0.05, 0.1) is 32.1 Å². The molecule has 0 aromatic heterocycles. The molecule has 2 atom stereocenters. The number of benzene rings is 1. The average Bonchev–Trinajstić information content (AvgIpc) is 2.93. The highest BCUT2D eigenvalue weighted by Gasteiger charge is 2.34. The van der Waals surface area contributed by atoms with Crippen molar-refractivity contribution in [1.82, 2.24) is 9.62 Å². The number of aryl methyl sites for hydroxylation is 1. The molecule has 0 saturated carbocycles. The van der Waals surface area contributed by atoms with Crippen molar-refractivity contribution >= 4 is 15.9 Å². The highest BCUT2D eigenvalue weighted by Crippen LogP contribution is 2.20. The first-order chi connectivity index (χ1) is 11.2. The predicted octanol–water partition coefficient (Wildman–Crippen LogP) is 0.640. The van der Waals surface area contributed by atoms with Gasteiger partial charge in [-0.15, -0.1) is 0 Å². The summed E-state index contributed by atoms with van der Waals surface area (Å²) < 4.78 is 35.8. The summed E-state index contributed by atoms with van der Waals surface area (Å²) in [7, 11) is 1.22. The van der Waals surface area contributed by atoms with E-state index in [1.165, 1.54) is 18.4 Å². The van der Waals surface area contributed by atoms with Crippen LogP contribution in [0.15, 0.2) is 18.2 Å². The van der Waals surface area contributed by atoms with Gasteiger partial charge in [0.1, 0.15) is 5.75 Å². The molecule has 134 valence electrons. The minimum absolute atomic E-state index is 0.0491. The van der Waals surface area contributed by atoms with Crippen LogP contribution >= 0.6 is 0 Å². The van der Waals surface area contributed by atoms with Crippen molar-refractivity contribution in [3.8, 4) is 5.75 Å². The molecule has 1 saturated heterocycles. The molecule has 1 heterocycles. The standard InChI is InChI=1S/C16H24N2O5S/c1-11-7-13(22-4)5-6-14(11)16(19)17-15-9-23-8-12(15)10-24(20,21)18(2)3/h5-7,12,15H,8-10H2,1-4H3,(H,17,19)/t12-,15-/m0/s1. The molecule has 24 heavy (non-hydrogen) atoms. The maximum absolute atomic E-state index is 12.5. The van der Waals surface area contributed by atoms with Crippen molar-refractivity contribution in [2.24, 2.45) is 5.92 Å². The molecule has 1 aromatic carbocycles. The van der Waals surface area contributed by atoms with Gasteiger partial charge in [-0.2, -0.15) is 0 Å². The van der Waals surface area contributed by atoms with Gasteiger partial charge in [-0.1, -0.05) is 0 Å². The van der Waals surface area contributed by atoms with E-state index in [1.807, 2.05) is 6.92 Å². The minimum Gasteiger partial charge on any atom is -0.497 e. The number of nitrogens with one attached hydrogen (secondary N) is 1. The molecule has 0 bridgehead atoms. The SMILES string of the molecule is COc1ccc(C(=O)N[C@H]2COC[C@H]2CS(=O)(=O)N(C)C)c(C)c1. The Bertz CT molecular complexity index is 702. The zero-order valence-corrected chi connectivity index (χ0v) is 15.2. The van der Waals surface area contributed by atoms with E-state index in [-0.39, 0.29) is 23.6 Å². The third kappa shape index (κ3) is 4.25. The number of hydrogen-bond acceptors (Lipinski definition) is 5. The van der Waals surface area contributed by atoms with Gasteiger partial charge in [0.15, 0.2) is 0 Å². The molecule has 0 aliphatic carbocycles. The quantitative estimate of drug-likeness (QED) is 0.809. The number of methoxy groups -OCH3 is 1. The van der Waals surface area contributed by atoms with Crippen LogP contribution in [0.1, 0.15) is 15.9 Å². The van der Waals surface area contributed by atoms with Crippen molar-refractivity contribution in [3.05, 3.63) is 29.3 Å². The number of carbonyl (C=O) groups is 1. The summed E-state index contributed by atoms with van der Waals surface area (Å²) in [5.41, 5.74) is 1.33. The summed E-state index contributed by atoms with van der Waals surface area (Å²) in [5, 5.41) is 2.90. The normalized spacial score (nSPS) is 21.0. The summed E-state index contributed by atoms with van der Waals surface area (Å²) in [6.07, 6.45) is 0. The Morgan fingerprint density at radius 1 is 1.38 bits per heavy atom. The van der Waals surface area contributed by atoms with Crippen LogP contribution in [-0.4, -0.2) is 64.8 Å². The third-order valence-corrected chi connectivity index (χ3v) is 6.14. The zero-order valence-electron chi connectivity index (χ0n) is 14.4. The number of amides is 1. The molecule has 1 N–H and O–H groups in total. The molecule has 1 aliphatic rings. The average molecular weight is 356 g/mol. The van der Waals surface area contributed by atoms with Crippen molar-refractivity contribution in [2.45, 2.75) is 13.0 Å². The van der Waals surface area contributed by atoms with Crippen molar-refractivity contribution < 1.29 is 22.7 Å². The Kier molecular flexibility index (Phi) is 5.84. The van der Waals surface area contributed by atoms with Gasteiger partial charge in [0.25, 0.3) is 5.91 Å². The fourth-order valence-corrected chi connectivity index (χ4v) is 3.77. The lowest BCUT2D eigenvalue weighted by Gasteiger charge is -2.21. The van der Waals surface area contributed by atoms with Crippen LogP contribution in [0, 0.1) is 12.8 Å². The maximum Gasteiger partial charge on any atom is 0.251 e. The van der Waals surface area contributed by atoms with Crippen molar-refractivity contribution in [1.29, 1.82) is 0 Å². The number of carbonyl (C=O) groups excluding carboxylic acids is 1. The highest BCUT2D eigenvalue weighted by atomic mass is 32.2. The number of nitrogens with zero attached hydrogens (tertiary/aromatic N) is 1. The first-order valence-electron chi connectivity index (χ1n) is 7.68. The molecule has 1 aliphatic heterocycles. The maximum atomic E-state index is 12.5. The Morgan fingerprint density at radius 3 is 2.67 bits per heavy atom. The van der Waals surface area contributed by atoms with Crippen LogP contribution in [0.3, 0.4) is 0 Å². The lowest BCUT2D eigenvalue weighted by molar-refractivity contribution is 0.0925. The molecule has 1 aromatic rings. The largest absolute Gasteiger partial charge is 0.497 e. The molecule has 0 unspecified atom stereocenters. The van der Waals surface area contributed by atoms with E-state index in [0.29, 0.717) is 24.5 Å². The van der Waals surface area contributed by atoms with E-state index in [9.17, 15) is 13.2 Å². The molecule has 0 spiro atoms. The van der Waals surface area contributed by atoms with Gasteiger partial charge in [0.2, 0.25) is 10.0 Å². The Labute approximate surface area is 143 Å². The molecule has 1 amide bonds. The summed E-state index contributed by atoms with van der Waals surface area (Å²) in [4.78, 5) is 12.5. The fraction of sp³-hybridized carbons (Fsp3) is 0.562. The van der Waals surface area contributed by atoms with E-state index in [1.54, 1.807) is 25.3 Å². The van der Waals surface area contributed by atoms with E-state index >= 15 is 0 Å². The van der Waals surface area contributed by atoms with Crippen LogP contribution in [0.25, 0.3) is 0 Å². The number of rotatable bonds is 6. The fourth-order valence-electron chi connectivity index (χ4n) is 2.61. The molecule has 7 nitrogen and oxygen atoms in total. The Morgan fingerprint density at radius 2 is 2.08 bits per heavy atom. The van der Waals surface area contributed by atoms with Crippen molar-refractivity contribution in [3.63, 3.8) is 0 Å². The van der Waals surface area contributed by atoms with Gasteiger partial charge in [-0.25, -0.2) is 12.7 Å². The van der Waals surface area contributed by atoms with Crippen LogP contribution in [0.5, 0.6) is 5.75 Å². The van der Waals surface area contributed by atoms with Crippen LogP contribution in [0.4, 0.5) is 0 Å². The Hall–Kier alpha value is -1.64. The summed E-state index contributed by atoms with van der Waals surface area (Å²) in [6, 6.07) is 4.88. The van der Waals surface area contributed by atoms with Crippen LogP contribution in [-0.2, 0) is 14.8 Å². The topological polar surface area (TPSA) is 84.9 Å². The zero-order chi connectivity index (χ0) is 17.9. The minimum atomic E-state index is -3.35. The van der Waals surface area contributed by atoms with Gasteiger partial charge < -0.3 is 14.8 Å². The number of ether oxygens (including phenoxy) is 2. The molecule has 0 radical (unpaired) electrons. The van der Waals surface area contributed by atoms with Gasteiger partial charge in [0, 0.05) is 25.6 Å². The van der Waals surface area contributed by atoms with Gasteiger partial charge >= 0.3 is 0 Å². The summed E-state index contributed by atoms with van der Waals surface area (Å²) >= 11 is 0. The molecular weight excluding hydrogens is 332 g/mol. The molecular formula is C16H24N2O5S. The van der Waals surface area contributed by atoms with Gasteiger partial charge in [-0.05, 0) is 30.7 Å². The van der Waals surface area contributed by atoms with Crippen LogP contribution in [0.2, 0.25) is 0 Å². The highest BCUT2D eigenvalue weighted by molar-refractivity contribution is 7.89. The lowest BCUT2D eigenvalue weighted by atomic mass is 10.0. The Balaban J connectivity index is 2.08. The van der Waals surface area contributed by atoms with E-state index in [0.717, 1.165) is 5.56 Å². The predicted molar refractivity (Wildman–Crippen MR) is 90.8 cm³/mol. The first kappa shape index (κ1) is 18.7. The first-order valence-corrected chi connectivity index (χ1v) is 9.29. The second kappa shape index (κ2) is 7.50. The van der Waals surface area contributed by atoms with E-state index in [2.05, 4.69) is 5.32 Å². The molecule has 8 heteroatoms. The molecule has 1 fully saturated rings. The third-order valence-electron chi connectivity index (χ3n) is 4.17. The second-order valence-corrected chi connectivity index (χ2v) is 8.35. The second-order valence-electron chi connectivity index (χ2n) is 6.12. The van der Waals surface area contributed by atoms with Crippen LogP contribution < -0.4 is 10.1 Å². The van der Waals surface area contributed by atoms with Crippen molar-refractivity contribution in [2.75, 3.05) is 40.2 Å².